The van der Waals surface area contributed by atoms with Gasteiger partial charge in [0, 0.05) is 14.2 Å². The molecule has 0 aliphatic heterocycles. The summed E-state index contributed by atoms with van der Waals surface area (Å²) in [6.45, 7) is 7.99. The summed E-state index contributed by atoms with van der Waals surface area (Å²) in [5.41, 5.74) is -0.816. The largest absolute Gasteiger partial charge is 0.349 e. The Kier molecular flexibility index (Phi) is 5.95. The van der Waals surface area contributed by atoms with Crippen LogP contribution < -0.4 is 0 Å². The van der Waals surface area contributed by atoms with Gasteiger partial charge >= 0.3 is 0 Å². The average molecular weight is 231 g/mol. The molecule has 0 heterocycles. The van der Waals surface area contributed by atoms with Gasteiger partial charge in [0.05, 0.1) is 6.04 Å². The maximum Gasteiger partial charge on any atom is 0.246 e. The molecule has 94 valence electrons. The van der Waals surface area contributed by atoms with E-state index in [1.807, 2.05) is 20.8 Å². The standard InChI is InChI=1S/C10H23N4O2/c1-7-14(15)8-10(4,16-6)13(5)12-11-9(2)3/h8-9,15H,7H2,1-6H3/q+1/b12-11-,14-8+. The molecule has 0 saturated heterocycles. The maximum absolute atomic E-state index is 9.45. The van der Waals surface area contributed by atoms with E-state index < -0.39 is 5.72 Å². The van der Waals surface area contributed by atoms with E-state index in [0.29, 0.717) is 6.54 Å². The highest BCUT2D eigenvalue weighted by Crippen LogP contribution is 2.12. The Labute approximate surface area is 97.2 Å². The Bertz CT molecular complexity index is 266. The highest BCUT2D eigenvalue weighted by molar-refractivity contribution is 5.61. The molecule has 0 bridgehead atoms. The molecule has 1 atom stereocenters. The first-order chi connectivity index (χ1) is 7.35. The molecule has 0 aliphatic rings. The lowest BCUT2D eigenvalue weighted by Gasteiger charge is -2.28. The smallest absolute Gasteiger partial charge is 0.246 e. The number of hydrogen-bond donors (Lipinski definition) is 1. The van der Waals surface area contributed by atoms with Crippen LogP contribution >= 0.6 is 0 Å². The molecule has 6 heteroatoms. The molecular formula is C10H23N4O2+. The highest BCUT2D eigenvalue weighted by Gasteiger charge is 2.32. The molecule has 1 N–H and O–H groups in total. The van der Waals surface area contributed by atoms with Crippen LogP contribution in [-0.2, 0) is 4.74 Å². The van der Waals surface area contributed by atoms with Crippen molar-refractivity contribution in [2.75, 3.05) is 20.7 Å². The summed E-state index contributed by atoms with van der Waals surface area (Å²) in [6, 6.07) is 0.125. The quantitative estimate of drug-likeness (QED) is 0.188. The van der Waals surface area contributed by atoms with Gasteiger partial charge in [-0.15, -0.1) is 0 Å². The molecule has 0 amide bonds. The molecule has 16 heavy (non-hydrogen) atoms. The molecule has 1 unspecified atom stereocenters. The summed E-state index contributed by atoms with van der Waals surface area (Å²) in [7, 11) is 3.30. The molecule has 0 fully saturated rings. The van der Waals surface area contributed by atoms with Crippen LogP contribution in [0.15, 0.2) is 10.3 Å². The van der Waals surface area contributed by atoms with Crippen molar-refractivity contribution < 1.29 is 14.7 Å². The summed E-state index contributed by atoms with van der Waals surface area (Å²) in [4.78, 5) is 0. The SMILES string of the molecule is CC/[N+](O)=C\C(C)(OC)N(C)/N=N\C(C)C. The van der Waals surface area contributed by atoms with Crippen molar-refractivity contribution in [1.82, 2.24) is 5.01 Å². The predicted molar refractivity (Wildman–Crippen MR) is 61.8 cm³/mol. The first-order valence-electron chi connectivity index (χ1n) is 5.37. The van der Waals surface area contributed by atoms with Crippen LogP contribution in [0.2, 0.25) is 0 Å². The molecule has 0 saturated carbocycles. The zero-order valence-corrected chi connectivity index (χ0v) is 11.0. The summed E-state index contributed by atoms with van der Waals surface area (Å²) in [6.07, 6.45) is 1.55. The van der Waals surface area contributed by atoms with Crippen molar-refractivity contribution in [2.45, 2.75) is 39.5 Å². The van der Waals surface area contributed by atoms with E-state index in [4.69, 9.17) is 4.74 Å². The summed E-state index contributed by atoms with van der Waals surface area (Å²) < 4.78 is 6.38. The second kappa shape index (κ2) is 6.42. The van der Waals surface area contributed by atoms with Crippen molar-refractivity contribution >= 4 is 6.21 Å². The van der Waals surface area contributed by atoms with Crippen molar-refractivity contribution in [2.24, 2.45) is 10.3 Å². The van der Waals surface area contributed by atoms with E-state index in [1.54, 1.807) is 32.3 Å². The highest BCUT2D eigenvalue weighted by atomic mass is 16.5. The molecular weight excluding hydrogens is 208 g/mol. The molecule has 0 aromatic heterocycles. The van der Waals surface area contributed by atoms with Gasteiger partial charge in [-0.25, -0.2) is 5.01 Å². The molecule has 0 aromatic carbocycles. The number of hydrogen-bond acceptors (Lipinski definition) is 4. The zero-order valence-electron chi connectivity index (χ0n) is 11.0. The minimum absolute atomic E-state index is 0.125. The van der Waals surface area contributed by atoms with Gasteiger partial charge in [0.2, 0.25) is 11.9 Å². The Morgan fingerprint density at radius 2 is 2.12 bits per heavy atom. The molecule has 0 radical (unpaired) electrons. The van der Waals surface area contributed by atoms with E-state index in [0.717, 1.165) is 4.74 Å². The first-order valence-corrected chi connectivity index (χ1v) is 5.37. The van der Waals surface area contributed by atoms with E-state index in [9.17, 15) is 5.21 Å². The van der Waals surface area contributed by atoms with E-state index in [1.165, 1.54) is 0 Å². The van der Waals surface area contributed by atoms with Gasteiger partial charge in [-0.2, -0.15) is 5.11 Å². The minimum atomic E-state index is -0.816. The fraction of sp³-hybridized carbons (Fsp3) is 0.900. The number of nitrogens with zero attached hydrogens (tertiary/aromatic N) is 4. The summed E-state index contributed by atoms with van der Waals surface area (Å²) >= 11 is 0. The molecule has 0 aliphatic carbocycles. The number of rotatable bonds is 6. The van der Waals surface area contributed by atoms with Crippen molar-refractivity contribution in [3.63, 3.8) is 0 Å². The third-order valence-corrected chi connectivity index (χ3v) is 2.19. The monoisotopic (exact) mass is 231 g/mol. The second-order valence-electron chi connectivity index (χ2n) is 3.97. The molecule has 0 rings (SSSR count). The fourth-order valence-corrected chi connectivity index (χ4v) is 0.906. The lowest BCUT2D eigenvalue weighted by Crippen LogP contribution is -2.46. The van der Waals surface area contributed by atoms with Gasteiger partial charge in [-0.1, -0.05) is 5.22 Å². The zero-order chi connectivity index (χ0) is 12.8. The van der Waals surface area contributed by atoms with Crippen LogP contribution in [-0.4, -0.2) is 53.6 Å². The Morgan fingerprint density at radius 3 is 2.50 bits per heavy atom. The topological polar surface area (TPSA) is 60.4 Å². The van der Waals surface area contributed by atoms with Gasteiger partial charge in [0.1, 0.15) is 0 Å². The van der Waals surface area contributed by atoms with Crippen LogP contribution in [0.3, 0.4) is 0 Å². The predicted octanol–water partition coefficient (Wildman–Crippen LogP) is 1.55. The summed E-state index contributed by atoms with van der Waals surface area (Å²) in [5, 5.41) is 19.1. The first kappa shape index (κ1) is 14.8. The van der Waals surface area contributed by atoms with Gasteiger partial charge in [0.25, 0.3) is 0 Å². The number of hydroxylamine groups is 1. The van der Waals surface area contributed by atoms with Gasteiger partial charge < -0.3 is 4.74 Å². The van der Waals surface area contributed by atoms with Gasteiger partial charge in [0.15, 0.2) is 6.54 Å². The van der Waals surface area contributed by atoms with E-state index in [-0.39, 0.29) is 6.04 Å². The van der Waals surface area contributed by atoms with Crippen LogP contribution in [0.5, 0.6) is 0 Å². The minimum Gasteiger partial charge on any atom is -0.349 e. The number of methoxy groups -OCH3 is 1. The van der Waals surface area contributed by atoms with Crippen LogP contribution in [0, 0.1) is 0 Å². The fourth-order valence-electron chi connectivity index (χ4n) is 0.906. The van der Waals surface area contributed by atoms with Gasteiger partial charge in [-0.3, -0.25) is 5.21 Å². The average Bonchev–Trinajstić information content (AvgIpc) is 2.25. The van der Waals surface area contributed by atoms with Gasteiger partial charge in [-0.05, 0) is 32.4 Å². The molecule has 0 spiro atoms. The normalized spacial score (nSPS) is 16.8. The summed E-state index contributed by atoms with van der Waals surface area (Å²) in [5.74, 6) is 0. The van der Waals surface area contributed by atoms with Crippen molar-refractivity contribution in [1.29, 1.82) is 0 Å². The molecule has 0 aromatic rings. The Hall–Kier alpha value is -1.17. The third kappa shape index (κ3) is 4.57. The third-order valence-electron chi connectivity index (χ3n) is 2.19. The second-order valence-corrected chi connectivity index (χ2v) is 3.97. The maximum atomic E-state index is 9.45. The number of ether oxygens (including phenoxy) is 1. The van der Waals surface area contributed by atoms with Crippen molar-refractivity contribution in [3.8, 4) is 0 Å². The Balaban J connectivity index is 4.81. The van der Waals surface area contributed by atoms with Crippen LogP contribution in [0.25, 0.3) is 0 Å². The lowest BCUT2D eigenvalue weighted by atomic mass is 10.3. The van der Waals surface area contributed by atoms with Crippen LogP contribution in [0.4, 0.5) is 0 Å². The Morgan fingerprint density at radius 1 is 1.56 bits per heavy atom. The van der Waals surface area contributed by atoms with Crippen LogP contribution in [0.1, 0.15) is 27.7 Å². The van der Waals surface area contributed by atoms with Crippen molar-refractivity contribution in [3.05, 3.63) is 0 Å². The van der Waals surface area contributed by atoms with E-state index >= 15 is 0 Å². The lowest BCUT2D eigenvalue weighted by molar-refractivity contribution is -0.771. The molecule has 6 nitrogen and oxygen atoms in total. The van der Waals surface area contributed by atoms with E-state index in [2.05, 4.69) is 10.3 Å².